The third-order valence-electron chi connectivity index (χ3n) is 6.05. The van der Waals surface area contributed by atoms with E-state index >= 15 is 0 Å². The summed E-state index contributed by atoms with van der Waals surface area (Å²) in [5.41, 5.74) is 2.42. The lowest BCUT2D eigenvalue weighted by atomic mass is 10.2. The van der Waals surface area contributed by atoms with Gasteiger partial charge >= 0.3 is 0 Å². The number of piperazine rings is 1. The van der Waals surface area contributed by atoms with Crippen molar-refractivity contribution in [3.8, 4) is 0 Å². The average Bonchev–Trinajstić information content (AvgIpc) is 3.28. The highest BCUT2D eigenvalue weighted by Gasteiger charge is 2.23. The Kier molecular flexibility index (Phi) is 7.25. The van der Waals surface area contributed by atoms with Gasteiger partial charge in [-0.05, 0) is 44.2 Å². The maximum absolute atomic E-state index is 4.81. The highest BCUT2D eigenvalue weighted by atomic mass is 15.3. The number of benzene rings is 1. The number of para-hydroxylation sites is 1. The number of pyridine rings is 1. The third kappa shape index (κ3) is 5.88. The maximum atomic E-state index is 4.81. The molecule has 2 aliphatic rings. The predicted molar refractivity (Wildman–Crippen MR) is 129 cm³/mol. The van der Waals surface area contributed by atoms with Crippen molar-refractivity contribution in [3.05, 3.63) is 54.2 Å². The molecule has 0 spiro atoms. The molecular formula is C24H35N7. The van der Waals surface area contributed by atoms with Gasteiger partial charge in [0.2, 0.25) is 0 Å². The molecule has 1 aromatic heterocycles. The number of nitrogens with one attached hydrogen (secondary N) is 2. The van der Waals surface area contributed by atoms with E-state index in [0.717, 1.165) is 69.6 Å². The van der Waals surface area contributed by atoms with E-state index in [0.29, 0.717) is 12.6 Å². The molecule has 1 atom stereocenters. The standard InChI is InChI=1S/C24H35N7/c1-3-25-24(28-21-11-12-31(19-21)22-7-5-4-6-8-22)27-18-20-9-10-23(26-17-20)30-15-13-29(2)14-16-30/h4-10,17,21H,3,11-16,18-19H2,1-2H3,(H2,25,27,28). The Bertz CT molecular complexity index is 829. The quantitative estimate of drug-likeness (QED) is 0.551. The molecule has 1 unspecified atom stereocenters. The fourth-order valence-electron chi connectivity index (χ4n) is 4.17. The van der Waals surface area contributed by atoms with Gasteiger partial charge in [-0.15, -0.1) is 0 Å². The Morgan fingerprint density at radius 3 is 2.55 bits per heavy atom. The summed E-state index contributed by atoms with van der Waals surface area (Å²) in [4.78, 5) is 16.7. The molecule has 0 aliphatic carbocycles. The zero-order chi connectivity index (χ0) is 21.5. The molecule has 0 radical (unpaired) electrons. The van der Waals surface area contributed by atoms with Crippen LogP contribution in [0.4, 0.5) is 11.5 Å². The summed E-state index contributed by atoms with van der Waals surface area (Å²) in [6.07, 6.45) is 3.08. The van der Waals surface area contributed by atoms with Crippen LogP contribution < -0.4 is 20.4 Å². The largest absolute Gasteiger partial charge is 0.369 e. The van der Waals surface area contributed by atoms with Crippen LogP contribution in [0.2, 0.25) is 0 Å². The SMILES string of the molecule is CCNC(=NCc1ccc(N2CCN(C)CC2)nc1)NC1CCN(c2ccccc2)C1. The van der Waals surface area contributed by atoms with Crippen molar-refractivity contribution in [1.29, 1.82) is 0 Å². The number of guanidine groups is 1. The van der Waals surface area contributed by atoms with Gasteiger partial charge in [0.1, 0.15) is 5.82 Å². The van der Waals surface area contributed by atoms with E-state index in [2.05, 4.69) is 86.8 Å². The topological polar surface area (TPSA) is 59.0 Å². The number of hydrogen-bond acceptors (Lipinski definition) is 5. The van der Waals surface area contributed by atoms with Crippen LogP contribution in [-0.4, -0.2) is 74.7 Å². The van der Waals surface area contributed by atoms with Gasteiger partial charge in [0.15, 0.2) is 5.96 Å². The zero-order valence-corrected chi connectivity index (χ0v) is 18.8. The Morgan fingerprint density at radius 2 is 1.84 bits per heavy atom. The summed E-state index contributed by atoms with van der Waals surface area (Å²) in [5.74, 6) is 1.95. The summed E-state index contributed by atoms with van der Waals surface area (Å²) in [7, 11) is 2.17. The maximum Gasteiger partial charge on any atom is 0.191 e. The molecule has 31 heavy (non-hydrogen) atoms. The van der Waals surface area contributed by atoms with Gasteiger partial charge in [0, 0.05) is 63.7 Å². The predicted octanol–water partition coefficient (Wildman–Crippen LogP) is 2.17. The van der Waals surface area contributed by atoms with Crippen molar-refractivity contribution in [2.45, 2.75) is 25.9 Å². The van der Waals surface area contributed by atoms with Crippen LogP contribution >= 0.6 is 0 Å². The molecule has 7 heteroatoms. The van der Waals surface area contributed by atoms with Crippen LogP contribution in [0.1, 0.15) is 18.9 Å². The molecule has 1 aromatic carbocycles. The first-order valence-electron chi connectivity index (χ1n) is 11.4. The first-order chi connectivity index (χ1) is 15.2. The molecule has 7 nitrogen and oxygen atoms in total. The van der Waals surface area contributed by atoms with Crippen molar-refractivity contribution in [3.63, 3.8) is 0 Å². The van der Waals surface area contributed by atoms with Gasteiger partial charge < -0.3 is 25.3 Å². The van der Waals surface area contributed by atoms with E-state index in [1.54, 1.807) is 0 Å². The second kappa shape index (κ2) is 10.5. The first-order valence-corrected chi connectivity index (χ1v) is 11.4. The number of hydrogen-bond donors (Lipinski definition) is 2. The average molecular weight is 422 g/mol. The van der Waals surface area contributed by atoms with E-state index in [4.69, 9.17) is 4.99 Å². The van der Waals surface area contributed by atoms with Crippen LogP contribution in [0.25, 0.3) is 0 Å². The lowest BCUT2D eigenvalue weighted by Crippen LogP contribution is -2.44. The first kappa shape index (κ1) is 21.4. The molecule has 2 fully saturated rings. The van der Waals surface area contributed by atoms with Crippen LogP contribution in [0, 0.1) is 0 Å². The van der Waals surface area contributed by atoms with Crippen molar-refractivity contribution < 1.29 is 0 Å². The Balaban J connectivity index is 1.31. The Hall–Kier alpha value is -2.80. The van der Waals surface area contributed by atoms with Crippen LogP contribution in [0.3, 0.4) is 0 Å². The molecule has 4 rings (SSSR count). The molecular weight excluding hydrogens is 386 g/mol. The van der Waals surface area contributed by atoms with Gasteiger partial charge in [-0.1, -0.05) is 24.3 Å². The fraction of sp³-hybridized carbons (Fsp3) is 0.500. The number of nitrogens with zero attached hydrogens (tertiary/aromatic N) is 5. The summed E-state index contributed by atoms with van der Waals surface area (Å²) < 4.78 is 0. The highest BCUT2D eigenvalue weighted by molar-refractivity contribution is 5.80. The van der Waals surface area contributed by atoms with E-state index in [1.807, 2.05) is 6.20 Å². The van der Waals surface area contributed by atoms with E-state index < -0.39 is 0 Å². The normalized spacial score (nSPS) is 20.2. The zero-order valence-electron chi connectivity index (χ0n) is 18.8. The molecule has 0 amide bonds. The van der Waals surface area contributed by atoms with Crippen LogP contribution in [0.15, 0.2) is 53.7 Å². The third-order valence-corrected chi connectivity index (χ3v) is 6.05. The monoisotopic (exact) mass is 421 g/mol. The van der Waals surface area contributed by atoms with Crippen molar-refractivity contribution in [1.82, 2.24) is 20.5 Å². The van der Waals surface area contributed by atoms with Gasteiger partial charge in [-0.2, -0.15) is 0 Å². The summed E-state index contributed by atoms with van der Waals surface area (Å²) >= 11 is 0. The molecule has 2 N–H and O–H groups in total. The van der Waals surface area contributed by atoms with Crippen LogP contribution in [0.5, 0.6) is 0 Å². The summed E-state index contributed by atoms with van der Waals surface area (Å²) in [5, 5.41) is 7.01. The Labute approximate surface area is 186 Å². The number of likely N-dealkylation sites (N-methyl/N-ethyl adjacent to an activating group) is 1. The lowest BCUT2D eigenvalue weighted by Gasteiger charge is -2.33. The fourth-order valence-corrected chi connectivity index (χ4v) is 4.17. The van der Waals surface area contributed by atoms with Crippen LogP contribution in [-0.2, 0) is 6.54 Å². The number of anilines is 2. The number of aliphatic imine (C=N–C) groups is 1. The van der Waals surface area contributed by atoms with E-state index in [-0.39, 0.29) is 0 Å². The number of rotatable bonds is 6. The highest BCUT2D eigenvalue weighted by Crippen LogP contribution is 2.19. The second-order valence-electron chi connectivity index (χ2n) is 8.42. The smallest absolute Gasteiger partial charge is 0.191 e. The molecule has 166 valence electrons. The molecule has 2 aromatic rings. The molecule has 0 saturated carbocycles. The number of aromatic nitrogens is 1. The lowest BCUT2D eigenvalue weighted by molar-refractivity contribution is 0.312. The van der Waals surface area contributed by atoms with E-state index in [9.17, 15) is 0 Å². The minimum atomic E-state index is 0.399. The van der Waals surface area contributed by atoms with E-state index in [1.165, 1.54) is 5.69 Å². The molecule has 2 saturated heterocycles. The van der Waals surface area contributed by atoms with Crippen molar-refractivity contribution >= 4 is 17.5 Å². The Morgan fingerprint density at radius 1 is 1.03 bits per heavy atom. The minimum Gasteiger partial charge on any atom is -0.369 e. The molecule has 2 aliphatic heterocycles. The molecule has 0 bridgehead atoms. The van der Waals surface area contributed by atoms with Gasteiger partial charge in [-0.25, -0.2) is 9.98 Å². The molecule has 3 heterocycles. The van der Waals surface area contributed by atoms with Gasteiger partial charge in [0.05, 0.1) is 6.54 Å². The van der Waals surface area contributed by atoms with Crippen molar-refractivity contribution in [2.75, 3.05) is 62.7 Å². The summed E-state index contributed by atoms with van der Waals surface area (Å²) in [6, 6.07) is 15.3. The van der Waals surface area contributed by atoms with Crippen molar-refractivity contribution in [2.24, 2.45) is 4.99 Å². The van der Waals surface area contributed by atoms with Gasteiger partial charge in [-0.3, -0.25) is 0 Å². The minimum absolute atomic E-state index is 0.399. The second-order valence-corrected chi connectivity index (χ2v) is 8.42. The summed E-state index contributed by atoms with van der Waals surface area (Å²) in [6.45, 7) is 9.90. The van der Waals surface area contributed by atoms with Gasteiger partial charge in [0.25, 0.3) is 0 Å².